The van der Waals surface area contributed by atoms with Crippen LogP contribution in [0.3, 0.4) is 0 Å². The molecule has 5 nitrogen and oxygen atoms in total. The molecule has 24 heavy (non-hydrogen) atoms. The van der Waals surface area contributed by atoms with Gasteiger partial charge in [-0.2, -0.15) is 0 Å². The monoisotopic (exact) mass is 360 g/mol. The number of ether oxygens (including phenoxy) is 2. The van der Waals surface area contributed by atoms with Crippen molar-refractivity contribution in [2.24, 2.45) is 5.92 Å². The van der Waals surface area contributed by atoms with Crippen LogP contribution in [0.2, 0.25) is 0 Å². The lowest BCUT2D eigenvalue weighted by Crippen LogP contribution is -2.41. The van der Waals surface area contributed by atoms with Crippen molar-refractivity contribution in [3.63, 3.8) is 0 Å². The van der Waals surface area contributed by atoms with Gasteiger partial charge in [-0.1, -0.05) is 6.92 Å². The first-order valence-electron chi connectivity index (χ1n) is 8.02. The Morgan fingerprint density at radius 1 is 1.25 bits per heavy atom. The molecule has 1 aliphatic rings. The molecule has 0 saturated carbocycles. The summed E-state index contributed by atoms with van der Waals surface area (Å²) in [6.45, 7) is 5.32. The van der Waals surface area contributed by atoms with E-state index in [1.165, 1.54) is 26.4 Å². The predicted octanol–water partition coefficient (Wildman–Crippen LogP) is 2.73. The van der Waals surface area contributed by atoms with Crippen LogP contribution in [-0.2, 0) is 0 Å². The molecule has 0 aromatic heterocycles. The quantitative estimate of drug-likeness (QED) is 0.847. The van der Waals surface area contributed by atoms with Crippen molar-refractivity contribution in [3.05, 3.63) is 23.5 Å². The van der Waals surface area contributed by atoms with Crippen LogP contribution in [-0.4, -0.2) is 51.2 Å². The fourth-order valence-electron chi connectivity index (χ4n) is 2.88. The maximum Gasteiger partial charge on any atom is 0.256 e. The molecule has 1 N–H and O–H groups in total. The van der Waals surface area contributed by atoms with E-state index in [4.69, 9.17) is 9.47 Å². The molecule has 1 amide bonds. The van der Waals surface area contributed by atoms with Gasteiger partial charge in [0.1, 0.15) is 5.82 Å². The lowest BCUT2D eigenvalue weighted by molar-refractivity contribution is 0.0685. The van der Waals surface area contributed by atoms with E-state index < -0.39 is 5.82 Å². The third-order valence-electron chi connectivity index (χ3n) is 4.29. The van der Waals surface area contributed by atoms with Crippen LogP contribution in [0.15, 0.2) is 12.1 Å². The van der Waals surface area contributed by atoms with Crippen LogP contribution >= 0.6 is 12.4 Å². The number of nitrogens with zero attached hydrogens (tertiary/aromatic N) is 1. The van der Waals surface area contributed by atoms with E-state index in [0.717, 1.165) is 25.9 Å². The second-order valence-electron chi connectivity index (χ2n) is 5.73. The Labute approximate surface area is 148 Å². The van der Waals surface area contributed by atoms with Crippen molar-refractivity contribution in [3.8, 4) is 11.5 Å². The van der Waals surface area contributed by atoms with Gasteiger partial charge in [0, 0.05) is 19.2 Å². The highest BCUT2D eigenvalue weighted by Gasteiger charge is 2.26. The van der Waals surface area contributed by atoms with Gasteiger partial charge in [-0.25, -0.2) is 4.39 Å². The average molecular weight is 361 g/mol. The van der Waals surface area contributed by atoms with Crippen molar-refractivity contribution < 1.29 is 18.7 Å². The van der Waals surface area contributed by atoms with Crippen molar-refractivity contribution in [2.45, 2.75) is 19.8 Å². The van der Waals surface area contributed by atoms with Crippen molar-refractivity contribution in [2.75, 3.05) is 40.4 Å². The standard InChI is InChI=1S/C17H25FN2O3.ClH/c1-4-19-11-12-5-7-20(8-6-12)17(21)13-9-15(22-2)16(23-3)10-14(13)18;/h9-10,12,19H,4-8,11H2,1-3H3;1H. The molecule has 1 saturated heterocycles. The van der Waals surface area contributed by atoms with E-state index in [0.29, 0.717) is 24.8 Å². The minimum absolute atomic E-state index is 0. The van der Waals surface area contributed by atoms with Gasteiger partial charge < -0.3 is 19.7 Å². The minimum Gasteiger partial charge on any atom is -0.493 e. The number of carbonyl (C=O) groups is 1. The molecular formula is C17H26ClFN2O3. The lowest BCUT2D eigenvalue weighted by Gasteiger charge is -2.32. The molecule has 1 aliphatic heterocycles. The third kappa shape index (κ3) is 4.74. The van der Waals surface area contributed by atoms with Crippen LogP contribution in [0.5, 0.6) is 11.5 Å². The summed E-state index contributed by atoms with van der Waals surface area (Å²) in [5.41, 5.74) is 0.0350. The summed E-state index contributed by atoms with van der Waals surface area (Å²) in [6.07, 6.45) is 1.88. The number of benzene rings is 1. The number of halogens is 2. The largest absolute Gasteiger partial charge is 0.493 e. The van der Waals surface area contributed by atoms with Gasteiger partial charge in [-0.15, -0.1) is 12.4 Å². The molecule has 0 unspecified atom stereocenters. The number of nitrogens with one attached hydrogen (secondary N) is 1. The topological polar surface area (TPSA) is 50.8 Å². The Kier molecular flexibility index (Phi) is 8.28. The SMILES string of the molecule is CCNCC1CCN(C(=O)c2cc(OC)c(OC)cc2F)CC1.Cl. The summed E-state index contributed by atoms with van der Waals surface area (Å²) in [5.74, 6) is 0.354. The number of carbonyl (C=O) groups excluding carboxylic acids is 1. The predicted molar refractivity (Wildman–Crippen MR) is 93.9 cm³/mol. The number of likely N-dealkylation sites (tertiary alicyclic amines) is 1. The van der Waals surface area contributed by atoms with Crippen LogP contribution in [0, 0.1) is 11.7 Å². The lowest BCUT2D eigenvalue weighted by atomic mass is 9.96. The first-order valence-corrected chi connectivity index (χ1v) is 8.02. The Morgan fingerprint density at radius 3 is 2.38 bits per heavy atom. The molecule has 1 fully saturated rings. The van der Waals surface area contributed by atoms with Crippen molar-refractivity contribution in [1.82, 2.24) is 10.2 Å². The number of amides is 1. The molecule has 0 spiro atoms. The van der Waals surface area contributed by atoms with Crippen LogP contribution in [0.1, 0.15) is 30.1 Å². The number of piperidine rings is 1. The zero-order valence-electron chi connectivity index (χ0n) is 14.4. The van der Waals surface area contributed by atoms with Crippen LogP contribution in [0.4, 0.5) is 4.39 Å². The third-order valence-corrected chi connectivity index (χ3v) is 4.29. The highest BCUT2D eigenvalue weighted by atomic mass is 35.5. The average Bonchev–Trinajstić information content (AvgIpc) is 2.59. The van der Waals surface area contributed by atoms with Crippen LogP contribution < -0.4 is 14.8 Å². The fraction of sp³-hybridized carbons (Fsp3) is 0.588. The zero-order chi connectivity index (χ0) is 16.8. The van der Waals surface area contributed by atoms with E-state index in [2.05, 4.69) is 12.2 Å². The molecule has 2 rings (SSSR count). The van der Waals surface area contributed by atoms with Gasteiger partial charge in [0.15, 0.2) is 11.5 Å². The maximum absolute atomic E-state index is 14.2. The van der Waals surface area contributed by atoms with Gasteiger partial charge in [0.2, 0.25) is 0 Å². The Bertz CT molecular complexity index is 549. The highest BCUT2D eigenvalue weighted by Crippen LogP contribution is 2.31. The number of rotatable bonds is 6. The molecule has 0 aliphatic carbocycles. The first kappa shape index (κ1) is 20.5. The number of hydrogen-bond donors (Lipinski definition) is 1. The summed E-state index contributed by atoms with van der Waals surface area (Å²) in [7, 11) is 2.91. The molecule has 1 aromatic rings. The Balaban J connectivity index is 0.00000288. The second kappa shape index (κ2) is 9.69. The number of methoxy groups -OCH3 is 2. The van der Waals surface area contributed by atoms with Crippen molar-refractivity contribution >= 4 is 18.3 Å². The summed E-state index contributed by atoms with van der Waals surface area (Å²) in [4.78, 5) is 14.3. The van der Waals surface area contributed by atoms with Gasteiger partial charge in [0.05, 0.1) is 19.8 Å². The van der Waals surface area contributed by atoms with Crippen LogP contribution in [0.25, 0.3) is 0 Å². The fourth-order valence-corrected chi connectivity index (χ4v) is 2.88. The summed E-state index contributed by atoms with van der Waals surface area (Å²) in [5, 5.41) is 3.34. The maximum atomic E-state index is 14.2. The minimum atomic E-state index is -0.581. The Morgan fingerprint density at radius 2 is 1.83 bits per heavy atom. The molecule has 0 radical (unpaired) electrons. The van der Waals surface area contributed by atoms with Gasteiger partial charge in [0.25, 0.3) is 5.91 Å². The zero-order valence-corrected chi connectivity index (χ0v) is 15.2. The second-order valence-corrected chi connectivity index (χ2v) is 5.73. The van der Waals surface area contributed by atoms with E-state index in [1.54, 1.807) is 4.90 Å². The van der Waals surface area contributed by atoms with E-state index >= 15 is 0 Å². The Hall–Kier alpha value is -1.53. The van der Waals surface area contributed by atoms with E-state index in [-0.39, 0.29) is 29.6 Å². The van der Waals surface area contributed by atoms with Gasteiger partial charge in [-0.05, 0) is 37.9 Å². The first-order chi connectivity index (χ1) is 11.1. The molecule has 136 valence electrons. The summed E-state index contributed by atoms with van der Waals surface area (Å²) < 4.78 is 24.4. The summed E-state index contributed by atoms with van der Waals surface area (Å²) >= 11 is 0. The van der Waals surface area contributed by atoms with Gasteiger partial charge >= 0.3 is 0 Å². The molecular weight excluding hydrogens is 335 g/mol. The molecule has 1 heterocycles. The van der Waals surface area contributed by atoms with E-state index in [1.807, 2.05) is 0 Å². The molecule has 1 aromatic carbocycles. The smallest absolute Gasteiger partial charge is 0.256 e. The summed E-state index contributed by atoms with van der Waals surface area (Å²) in [6, 6.07) is 2.62. The van der Waals surface area contributed by atoms with Crippen molar-refractivity contribution in [1.29, 1.82) is 0 Å². The molecule has 0 bridgehead atoms. The van der Waals surface area contributed by atoms with E-state index in [9.17, 15) is 9.18 Å². The molecule has 0 atom stereocenters. The normalized spacial score (nSPS) is 14.9. The van der Waals surface area contributed by atoms with Gasteiger partial charge in [-0.3, -0.25) is 4.79 Å². The number of hydrogen-bond acceptors (Lipinski definition) is 4. The molecule has 7 heteroatoms. The highest BCUT2D eigenvalue weighted by molar-refractivity contribution is 5.95.